The summed E-state index contributed by atoms with van der Waals surface area (Å²) in [7, 11) is 3.43. The zero-order valence-corrected chi connectivity index (χ0v) is 41.0. The number of ether oxygens (including phenoxy) is 2. The fourth-order valence-electron chi connectivity index (χ4n) is 11.6. The van der Waals surface area contributed by atoms with Crippen LogP contribution in [0.2, 0.25) is 0 Å². The molecule has 0 unspecified atom stereocenters. The van der Waals surface area contributed by atoms with Gasteiger partial charge in [-0.3, -0.25) is 28.8 Å². The molecule has 0 saturated carbocycles. The highest BCUT2D eigenvalue weighted by Crippen LogP contribution is 2.40. The predicted octanol–water partition coefficient (Wildman–Crippen LogP) is 3.44. The van der Waals surface area contributed by atoms with Crippen molar-refractivity contribution >= 4 is 46.8 Å². The first kappa shape index (κ1) is 50.3. The fraction of sp³-hybridized carbons (Fsp3) is 0.654. The highest BCUT2D eigenvalue weighted by Gasteiger charge is 2.44. The number of nitrogens with one attached hydrogen (secondary N) is 7. The molecule has 4 fully saturated rings. The third-order valence-corrected chi connectivity index (χ3v) is 15.8. The molecule has 0 bridgehead atoms. The van der Waals surface area contributed by atoms with Crippen LogP contribution in [0, 0.1) is 11.8 Å². The van der Waals surface area contributed by atoms with Crippen molar-refractivity contribution in [1.29, 1.82) is 0 Å². The van der Waals surface area contributed by atoms with Gasteiger partial charge in [-0.2, -0.15) is 0 Å². The van der Waals surface area contributed by atoms with E-state index in [1.54, 1.807) is 37.7 Å². The number of likely N-dealkylation sites (N-methyl/N-ethyl adjacent to an activating group) is 2. The van der Waals surface area contributed by atoms with Crippen molar-refractivity contribution in [3.8, 4) is 0 Å². The Hall–Kier alpha value is -5.10. The van der Waals surface area contributed by atoms with Gasteiger partial charge in [0, 0.05) is 50.9 Å². The summed E-state index contributed by atoms with van der Waals surface area (Å²) in [4.78, 5) is 86.7. The Morgan fingerprint density at radius 1 is 0.551 bits per heavy atom. The molecule has 69 heavy (non-hydrogen) atoms. The number of benzene rings is 2. The predicted molar refractivity (Wildman–Crippen MR) is 261 cm³/mol. The lowest BCUT2D eigenvalue weighted by Gasteiger charge is -2.36. The minimum atomic E-state index is -0.729. The molecule has 4 heterocycles. The molecule has 17 heteroatoms. The fourth-order valence-corrected chi connectivity index (χ4v) is 11.6. The zero-order chi connectivity index (χ0) is 48.6. The molecule has 2 aromatic carbocycles. The molecule has 2 aliphatic carbocycles. The van der Waals surface area contributed by atoms with Crippen molar-refractivity contribution in [2.24, 2.45) is 11.8 Å². The van der Waals surface area contributed by atoms with E-state index >= 15 is 0 Å². The number of hydrogen-bond acceptors (Lipinski definition) is 11. The number of nitrogens with zero attached hydrogens (tertiary/aromatic N) is 2. The molecule has 4 aliphatic heterocycles. The quantitative estimate of drug-likeness (QED) is 0.130. The summed E-state index contributed by atoms with van der Waals surface area (Å²) >= 11 is 0. The van der Waals surface area contributed by atoms with Gasteiger partial charge in [-0.25, -0.2) is 0 Å². The first-order valence-corrected chi connectivity index (χ1v) is 25.8. The van der Waals surface area contributed by atoms with E-state index in [2.05, 4.69) is 61.5 Å². The third-order valence-electron chi connectivity index (χ3n) is 15.8. The van der Waals surface area contributed by atoms with Crippen LogP contribution in [0.1, 0.15) is 125 Å². The molecule has 8 atom stereocenters. The second-order valence-electron chi connectivity index (χ2n) is 20.1. The maximum absolute atomic E-state index is 14.3. The maximum Gasteiger partial charge on any atom is 0.246 e. The van der Waals surface area contributed by atoms with Gasteiger partial charge in [0.25, 0.3) is 0 Å². The molecule has 8 rings (SSSR count). The van der Waals surface area contributed by atoms with Gasteiger partial charge in [-0.1, -0.05) is 24.3 Å². The summed E-state index contributed by atoms with van der Waals surface area (Å²) in [6, 6.07) is 8.31. The Morgan fingerprint density at radius 2 is 0.957 bits per heavy atom. The lowest BCUT2D eigenvalue weighted by molar-refractivity contribution is -0.144. The Kier molecular flexibility index (Phi) is 16.9. The molecule has 17 nitrogen and oxygen atoms in total. The van der Waals surface area contributed by atoms with Crippen molar-refractivity contribution in [1.82, 2.24) is 41.7 Å². The van der Waals surface area contributed by atoms with Crippen LogP contribution in [0.3, 0.4) is 0 Å². The van der Waals surface area contributed by atoms with E-state index in [0.29, 0.717) is 90.9 Å². The number of rotatable bonds is 16. The lowest BCUT2D eigenvalue weighted by atomic mass is 9.85. The molecular weight excluding hydrogens is 879 g/mol. The zero-order valence-electron chi connectivity index (χ0n) is 41.0. The van der Waals surface area contributed by atoms with E-state index in [1.165, 1.54) is 0 Å². The average Bonchev–Trinajstić information content (AvgIpc) is 4.09. The van der Waals surface area contributed by atoms with Crippen molar-refractivity contribution in [2.45, 2.75) is 152 Å². The molecule has 6 amide bonds. The summed E-state index contributed by atoms with van der Waals surface area (Å²) in [5.74, 6) is -1.37. The highest BCUT2D eigenvalue weighted by atomic mass is 16.5. The van der Waals surface area contributed by atoms with Crippen molar-refractivity contribution in [2.75, 3.05) is 58.9 Å². The SMILES string of the molecule is CN[C@@H](C)C(=O)N[C@H](C(=O)N1CCC[C@H]1C(=O)N[C@@H]1CCCc2c(Nc3cccc4c3CCC[C@H]4NC(=O)[C@@H]3CCCN3C(=O)[C@@H](NC(=O)[C@H](C)NC)C3CCOCC3)cccc21)C1CCOCC1. The van der Waals surface area contributed by atoms with Crippen LogP contribution in [-0.2, 0) is 51.1 Å². The summed E-state index contributed by atoms with van der Waals surface area (Å²) in [6.45, 7) is 6.57. The van der Waals surface area contributed by atoms with Crippen LogP contribution in [-0.4, -0.2) is 135 Å². The molecule has 7 N–H and O–H groups in total. The molecule has 0 radical (unpaired) electrons. The van der Waals surface area contributed by atoms with Gasteiger partial charge in [-0.15, -0.1) is 0 Å². The van der Waals surface area contributed by atoms with E-state index < -0.39 is 36.3 Å². The van der Waals surface area contributed by atoms with Crippen LogP contribution in [0.25, 0.3) is 0 Å². The van der Waals surface area contributed by atoms with Gasteiger partial charge in [-0.05, 0) is 164 Å². The monoisotopic (exact) mass is 954 g/mol. The second kappa shape index (κ2) is 23.2. The topological polar surface area (TPSA) is 212 Å². The van der Waals surface area contributed by atoms with E-state index in [4.69, 9.17) is 9.47 Å². The van der Waals surface area contributed by atoms with Gasteiger partial charge < -0.3 is 56.5 Å². The number of amides is 6. The third kappa shape index (κ3) is 11.4. The maximum atomic E-state index is 14.3. The first-order valence-electron chi connectivity index (χ1n) is 25.8. The summed E-state index contributed by atoms with van der Waals surface area (Å²) in [6.07, 6.45) is 10.2. The smallest absolute Gasteiger partial charge is 0.246 e. The summed E-state index contributed by atoms with van der Waals surface area (Å²) in [5.41, 5.74) is 6.37. The Bertz CT molecular complexity index is 2030. The van der Waals surface area contributed by atoms with Crippen LogP contribution >= 0.6 is 0 Å². The van der Waals surface area contributed by atoms with E-state index in [0.717, 1.165) is 72.2 Å². The first-order chi connectivity index (χ1) is 33.5. The Balaban J connectivity index is 0.939. The number of likely N-dealkylation sites (tertiary alicyclic amines) is 2. The van der Waals surface area contributed by atoms with E-state index in [1.807, 2.05) is 12.1 Å². The Labute approximate surface area is 407 Å². The van der Waals surface area contributed by atoms with Crippen LogP contribution in [0.15, 0.2) is 36.4 Å². The standard InChI is InChI=1S/C52H75N9O8/c1-31(53-3)47(62)58-45(33-21-27-68-28-22-33)51(66)60-25-9-19-43(60)49(64)56-41-17-7-11-35-37(41)13-5-15-39(35)55-40-16-6-14-38-36(40)12-8-18-42(38)57-50(65)44-20-10-26-61(44)52(67)46(34-23-29-69-30-24-34)59-48(63)32(2)54-4/h5-6,13-16,31-34,41-46,53-55H,7-12,17-30H2,1-4H3,(H,56,64)(H,57,65)(H,58,62)(H,59,63)/t31-,32-,41+,42+,43-,44-,45-,46-/m0/s1. The summed E-state index contributed by atoms with van der Waals surface area (Å²) in [5, 5.41) is 22.5. The number of hydrogen-bond donors (Lipinski definition) is 7. The second-order valence-corrected chi connectivity index (χ2v) is 20.1. The average molecular weight is 954 g/mol. The largest absolute Gasteiger partial charge is 0.381 e. The highest BCUT2D eigenvalue weighted by molar-refractivity contribution is 5.95. The molecule has 0 spiro atoms. The minimum absolute atomic E-state index is 0.0738. The lowest BCUT2D eigenvalue weighted by Crippen LogP contribution is -2.58. The number of carbonyl (C=O) groups excluding carboxylic acids is 6. The molecular formula is C52H75N9O8. The van der Waals surface area contributed by atoms with Crippen molar-refractivity contribution < 1.29 is 38.2 Å². The Morgan fingerprint density at radius 3 is 1.35 bits per heavy atom. The number of anilines is 2. The van der Waals surface area contributed by atoms with Crippen molar-refractivity contribution in [3.05, 3.63) is 58.7 Å². The van der Waals surface area contributed by atoms with Gasteiger partial charge >= 0.3 is 0 Å². The van der Waals surface area contributed by atoms with Gasteiger partial charge in [0.1, 0.15) is 24.2 Å². The number of carbonyl (C=O) groups is 6. The normalized spacial score (nSPS) is 24.8. The number of fused-ring (bicyclic) bond motifs is 2. The van der Waals surface area contributed by atoms with Crippen molar-refractivity contribution in [3.63, 3.8) is 0 Å². The van der Waals surface area contributed by atoms with Crippen LogP contribution < -0.4 is 37.2 Å². The molecule has 4 saturated heterocycles. The molecule has 0 aromatic heterocycles. The summed E-state index contributed by atoms with van der Waals surface area (Å²) < 4.78 is 11.2. The van der Waals surface area contributed by atoms with Gasteiger partial charge in [0.15, 0.2) is 0 Å². The van der Waals surface area contributed by atoms with Gasteiger partial charge in [0.2, 0.25) is 35.4 Å². The molecule has 2 aromatic rings. The van der Waals surface area contributed by atoms with Gasteiger partial charge in [0.05, 0.1) is 24.2 Å². The van der Waals surface area contributed by atoms with Crippen LogP contribution in [0.5, 0.6) is 0 Å². The van der Waals surface area contributed by atoms with Crippen LogP contribution in [0.4, 0.5) is 11.4 Å². The molecule has 6 aliphatic rings. The van der Waals surface area contributed by atoms with E-state index in [9.17, 15) is 28.8 Å². The molecule has 376 valence electrons. The minimum Gasteiger partial charge on any atom is -0.381 e. The van der Waals surface area contributed by atoms with E-state index in [-0.39, 0.29) is 59.4 Å².